The van der Waals surface area contributed by atoms with Crippen molar-refractivity contribution in [3.05, 3.63) is 6.73 Å². The van der Waals surface area contributed by atoms with Gasteiger partial charge in [0.2, 0.25) is 0 Å². The molecule has 0 bridgehead atoms. The molecule has 0 amide bonds. The zero-order valence-electron chi connectivity index (χ0n) is 2.30. The largest absolute Gasteiger partial charge is 0.204 e. The van der Waals surface area contributed by atoms with Crippen LogP contribution in [0.4, 0.5) is 0 Å². The molecule has 0 aliphatic carbocycles. The summed E-state index contributed by atoms with van der Waals surface area (Å²) >= 11 is 1.05. The van der Waals surface area contributed by atoms with Gasteiger partial charge in [-0.05, 0) is 0 Å². The van der Waals surface area contributed by atoms with Crippen LogP contribution >= 0.6 is 12.2 Å². The van der Waals surface area contributed by atoms with E-state index in [4.69, 9.17) is 0 Å². The maximum atomic E-state index is 4.19. The molecule has 1 aliphatic heterocycles. The number of rotatable bonds is 0. The molecule has 1 aliphatic rings. The van der Waals surface area contributed by atoms with E-state index in [0.717, 1.165) is 12.2 Å². The van der Waals surface area contributed by atoms with Gasteiger partial charge in [-0.3, -0.25) is 0 Å². The molecule has 29 valence electrons. The highest BCUT2D eigenvalue weighted by atomic mass is 32.2. The molecule has 1 heterocycles. The minimum atomic E-state index is 1.05. The first-order valence-corrected chi connectivity index (χ1v) is 1.80. The van der Waals surface area contributed by atoms with Crippen LogP contribution in [0.2, 0.25) is 0 Å². The number of hydrogen-bond donors (Lipinski definition) is 1. The summed E-state index contributed by atoms with van der Waals surface area (Å²) < 4.78 is 6.76. The zero-order valence-corrected chi connectivity index (χ0v) is 3.12. The van der Waals surface area contributed by atoms with Crippen LogP contribution in [0.3, 0.4) is 0 Å². The first-order valence-electron chi connectivity index (χ1n) is 1.06. The molecule has 0 spiro atoms. The van der Waals surface area contributed by atoms with Crippen LogP contribution in [0.1, 0.15) is 0 Å². The lowest BCUT2D eigenvalue weighted by Gasteiger charge is -1.71. The Morgan fingerprint density at radius 2 is 2.80 bits per heavy atom. The summed E-state index contributed by atoms with van der Waals surface area (Å²) in [6.07, 6.45) is 0. The highest BCUT2D eigenvalue weighted by Gasteiger charge is 1.97. The molecule has 1 N–H and O–H groups in total. The van der Waals surface area contributed by atoms with Gasteiger partial charge in [0, 0.05) is 0 Å². The molecule has 0 unspecified atom stereocenters. The molecule has 5 heavy (non-hydrogen) atoms. The van der Waals surface area contributed by atoms with Gasteiger partial charge in [-0.1, -0.05) is 0 Å². The van der Waals surface area contributed by atoms with Gasteiger partial charge in [0.05, 0.1) is 0 Å². The molecular weight excluding hydrogens is 90.1 g/mol. The van der Waals surface area contributed by atoms with Crippen molar-refractivity contribution in [2.45, 2.75) is 0 Å². The van der Waals surface area contributed by atoms with E-state index in [0.29, 0.717) is 0 Å². The Morgan fingerprint density at radius 1 is 1.80 bits per heavy atom. The second-order valence-electron chi connectivity index (χ2n) is 0.483. The molecule has 0 atom stereocenters. The second kappa shape index (κ2) is 1.61. The van der Waals surface area contributed by atoms with Gasteiger partial charge in [0.1, 0.15) is 12.2 Å². The van der Waals surface area contributed by atoms with Crippen molar-refractivity contribution in [3.8, 4) is 0 Å². The third-order valence-corrected chi connectivity index (χ3v) is 0.557. The van der Waals surface area contributed by atoms with Gasteiger partial charge in [0.15, 0.2) is 6.73 Å². The molecule has 0 aromatic rings. The number of nitrogens with one attached hydrogen (secondary N) is 1. The van der Waals surface area contributed by atoms with Crippen LogP contribution in [-0.4, -0.2) is 0 Å². The molecule has 0 aromatic heterocycles. The normalized spacial score (nSPS) is 24.0. The lowest BCUT2D eigenvalue weighted by atomic mass is 11.4. The summed E-state index contributed by atoms with van der Waals surface area (Å²) in [6.45, 7) is 1.35. The quantitative estimate of drug-likeness (QED) is 0.263. The highest BCUT2D eigenvalue weighted by Crippen LogP contribution is 2.05. The Bertz CT molecular complexity index is 21.2. The van der Waals surface area contributed by atoms with E-state index >= 15 is 0 Å². The maximum Gasteiger partial charge on any atom is 0.199 e. The Labute approximate surface area is 33.9 Å². The lowest BCUT2D eigenvalue weighted by Crippen LogP contribution is -1.84. The third-order valence-electron chi connectivity index (χ3n) is 0.218. The van der Waals surface area contributed by atoms with Crippen molar-refractivity contribution in [2.75, 3.05) is 0 Å². The molecule has 3 nitrogen and oxygen atoms in total. The fourth-order valence-corrected chi connectivity index (χ4v) is 0.295. The summed E-state index contributed by atoms with van der Waals surface area (Å²) in [5.74, 6) is 0. The fraction of sp³-hybridized carbons (Fsp3) is 0. The topological polar surface area (TPSA) is 30.5 Å². The second-order valence-corrected chi connectivity index (χ2v) is 1.02. The van der Waals surface area contributed by atoms with Crippen LogP contribution in [0.15, 0.2) is 0 Å². The van der Waals surface area contributed by atoms with E-state index in [1.165, 1.54) is 6.73 Å². The monoisotopic (exact) mass is 92.0 g/mol. The molecule has 1 fully saturated rings. The Hall–Kier alpha value is 0.230. The molecule has 1 saturated heterocycles. The highest BCUT2D eigenvalue weighted by molar-refractivity contribution is 7.92. The van der Waals surface area contributed by atoms with Gasteiger partial charge in [-0.2, -0.15) is 4.89 Å². The summed E-state index contributed by atoms with van der Waals surface area (Å²) in [4.78, 5) is 4.17. The van der Waals surface area contributed by atoms with Gasteiger partial charge in [0.25, 0.3) is 0 Å². The van der Waals surface area contributed by atoms with Gasteiger partial charge in [-0.25, -0.2) is 4.72 Å². The van der Waals surface area contributed by atoms with Crippen LogP contribution < -0.4 is 4.72 Å². The standard InChI is InChI=1S/CH2NO2S/c1-2-5-4-3-1/h1-2H. The zero-order chi connectivity index (χ0) is 3.54. The SMILES string of the molecule is [CH]1NSOO1. The summed E-state index contributed by atoms with van der Waals surface area (Å²) in [6, 6.07) is 0. The Balaban J connectivity index is 2.08. The number of hydrogen-bond acceptors (Lipinski definition) is 4. The van der Waals surface area contributed by atoms with Crippen LogP contribution in [-0.2, 0) is 9.22 Å². The minimum absolute atomic E-state index is 1.05. The van der Waals surface area contributed by atoms with Crippen molar-refractivity contribution in [1.82, 2.24) is 4.72 Å². The summed E-state index contributed by atoms with van der Waals surface area (Å²) in [5, 5.41) is 0. The molecule has 4 heteroatoms. The smallest absolute Gasteiger partial charge is 0.199 e. The van der Waals surface area contributed by atoms with E-state index in [9.17, 15) is 0 Å². The lowest BCUT2D eigenvalue weighted by molar-refractivity contribution is -0.140. The van der Waals surface area contributed by atoms with E-state index in [-0.39, 0.29) is 0 Å². The molecule has 0 aromatic carbocycles. The molecular formula is CH2NO2S. The van der Waals surface area contributed by atoms with Crippen molar-refractivity contribution in [2.24, 2.45) is 0 Å². The third kappa shape index (κ3) is 0.769. The van der Waals surface area contributed by atoms with Crippen LogP contribution in [0.5, 0.6) is 0 Å². The fourth-order valence-electron chi connectivity index (χ4n) is 0.0982. The van der Waals surface area contributed by atoms with E-state index < -0.39 is 0 Å². The Morgan fingerprint density at radius 3 is 3.00 bits per heavy atom. The average Bonchev–Trinajstić information content (AvgIpc) is 1.76. The predicted molar refractivity (Wildman–Crippen MR) is 17.2 cm³/mol. The van der Waals surface area contributed by atoms with Crippen molar-refractivity contribution < 1.29 is 9.22 Å². The van der Waals surface area contributed by atoms with Crippen LogP contribution in [0.25, 0.3) is 0 Å². The summed E-state index contributed by atoms with van der Waals surface area (Å²) in [7, 11) is 0. The minimum Gasteiger partial charge on any atom is -0.204 e. The first-order chi connectivity index (χ1) is 2.50. The average molecular weight is 92.1 g/mol. The van der Waals surface area contributed by atoms with E-state index in [1.807, 2.05) is 0 Å². The van der Waals surface area contributed by atoms with Crippen molar-refractivity contribution >= 4 is 12.2 Å². The van der Waals surface area contributed by atoms with Crippen molar-refractivity contribution in [3.63, 3.8) is 0 Å². The van der Waals surface area contributed by atoms with Gasteiger partial charge < -0.3 is 0 Å². The first kappa shape index (κ1) is 3.42. The molecule has 0 saturated carbocycles. The van der Waals surface area contributed by atoms with E-state index in [1.54, 1.807) is 0 Å². The van der Waals surface area contributed by atoms with Crippen molar-refractivity contribution in [1.29, 1.82) is 0 Å². The van der Waals surface area contributed by atoms with Gasteiger partial charge in [-0.15, -0.1) is 4.33 Å². The molecule has 1 rings (SSSR count). The van der Waals surface area contributed by atoms with Crippen LogP contribution in [0, 0.1) is 6.73 Å². The maximum absolute atomic E-state index is 4.19. The predicted octanol–water partition coefficient (Wildman–Crippen LogP) is 0.220. The van der Waals surface area contributed by atoms with E-state index in [2.05, 4.69) is 13.9 Å². The summed E-state index contributed by atoms with van der Waals surface area (Å²) in [5.41, 5.74) is 0. The Kier molecular flexibility index (Phi) is 1.10. The molecule has 1 radical (unpaired) electrons. The van der Waals surface area contributed by atoms with Gasteiger partial charge >= 0.3 is 0 Å².